The van der Waals surface area contributed by atoms with E-state index in [2.05, 4.69) is 9.97 Å². The lowest BCUT2D eigenvalue weighted by molar-refractivity contribution is 0.137. The Bertz CT molecular complexity index is 823. The van der Waals surface area contributed by atoms with E-state index >= 15 is 0 Å². The smallest absolute Gasteiger partial charge is 0.407 e. The number of aromatic nitrogens is 2. The van der Waals surface area contributed by atoms with Gasteiger partial charge in [-0.05, 0) is 24.1 Å². The molecule has 2 aromatic rings. The molecule has 1 amide bonds. The summed E-state index contributed by atoms with van der Waals surface area (Å²) in [6.07, 6.45) is 2.21. The van der Waals surface area contributed by atoms with Crippen LogP contribution in [0.15, 0.2) is 29.4 Å². The van der Waals surface area contributed by atoms with E-state index in [-0.39, 0.29) is 13.2 Å². The van der Waals surface area contributed by atoms with Crippen molar-refractivity contribution in [3.63, 3.8) is 0 Å². The maximum atomic E-state index is 11.3. The minimum Gasteiger partial charge on any atom is -0.480 e. The monoisotopic (exact) mass is 396 g/mol. The largest absolute Gasteiger partial charge is 0.480 e. The van der Waals surface area contributed by atoms with Crippen LogP contribution in [0.5, 0.6) is 11.8 Å². The van der Waals surface area contributed by atoms with Gasteiger partial charge in [0.15, 0.2) is 0 Å². The number of nitrogens with zero attached hydrogens (tertiary/aromatic N) is 4. The lowest BCUT2D eigenvalue weighted by atomic mass is 10.2. The van der Waals surface area contributed by atoms with Crippen LogP contribution in [-0.4, -0.2) is 53.4 Å². The minimum absolute atomic E-state index is 0.228. The molecule has 1 aliphatic rings. The summed E-state index contributed by atoms with van der Waals surface area (Å²) in [5.74, 6) is 0.923. The standard InChI is InChI=1S/C16H17ClN4O4S/c1-20(26-13-6-11(17)7-18-15(13)24-2)12-5-10-9-21(16(22)23)3-4-25-14(10)19-8-12/h5-8H,3-4,9H2,1-2H3,(H,22,23). The van der Waals surface area contributed by atoms with Crippen molar-refractivity contribution in [2.75, 3.05) is 31.6 Å². The summed E-state index contributed by atoms with van der Waals surface area (Å²) in [6.45, 7) is 0.810. The van der Waals surface area contributed by atoms with E-state index in [1.54, 1.807) is 19.4 Å². The second kappa shape index (κ2) is 7.88. The molecule has 0 spiro atoms. The van der Waals surface area contributed by atoms with Gasteiger partial charge < -0.3 is 23.8 Å². The SMILES string of the molecule is COc1ncc(Cl)cc1SN(C)c1cnc2c(c1)CN(C(=O)O)CCO2. The van der Waals surface area contributed by atoms with Crippen LogP contribution in [0.4, 0.5) is 10.5 Å². The Hall–Kier alpha value is -2.39. The van der Waals surface area contributed by atoms with Crippen LogP contribution in [-0.2, 0) is 6.54 Å². The average Bonchev–Trinajstić information content (AvgIpc) is 2.83. The van der Waals surface area contributed by atoms with E-state index < -0.39 is 6.09 Å². The van der Waals surface area contributed by atoms with Gasteiger partial charge in [-0.15, -0.1) is 0 Å². The van der Waals surface area contributed by atoms with E-state index in [1.165, 1.54) is 23.0 Å². The number of hydrogen-bond acceptors (Lipinski definition) is 7. The third-order valence-electron chi connectivity index (χ3n) is 3.72. The maximum absolute atomic E-state index is 11.3. The van der Waals surface area contributed by atoms with Gasteiger partial charge in [0.2, 0.25) is 11.8 Å². The number of methoxy groups -OCH3 is 1. The number of carbonyl (C=O) groups is 1. The minimum atomic E-state index is -0.982. The molecule has 3 rings (SSSR count). The summed E-state index contributed by atoms with van der Waals surface area (Å²) in [5, 5.41) is 9.75. The van der Waals surface area contributed by atoms with E-state index in [9.17, 15) is 9.90 Å². The molecule has 1 N–H and O–H groups in total. The number of hydrogen-bond donors (Lipinski definition) is 1. The summed E-state index contributed by atoms with van der Waals surface area (Å²) in [5.41, 5.74) is 1.50. The fourth-order valence-electron chi connectivity index (χ4n) is 2.43. The molecule has 0 aromatic carbocycles. The van der Waals surface area contributed by atoms with E-state index in [0.717, 1.165) is 10.6 Å². The van der Waals surface area contributed by atoms with Crippen LogP contribution in [0.25, 0.3) is 0 Å². The summed E-state index contributed by atoms with van der Waals surface area (Å²) in [7, 11) is 3.41. The Morgan fingerprint density at radius 2 is 2.23 bits per heavy atom. The molecule has 0 unspecified atom stereocenters. The van der Waals surface area contributed by atoms with Crippen molar-refractivity contribution >= 4 is 35.3 Å². The number of rotatable bonds is 4. The van der Waals surface area contributed by atoms with Crippen LogP contribution in [0, 0.1) is 0 Å². The molecule has 3 heterocycles. The Labute approximate surface area is 159 Å². The second-order valence-corrected chi connectivity index (χ2v) is 7.07. The Morgan fingerprint density at radius 3 is 2.96 bits per heavy atom. The van der Waals surface area contributed by atoms with Crippen molar-refractivity contribution in [1.82, 2.24) is 14.9 Å². The zero-order valence-corrected chi connectivity index (χ0v) is 15.8. The van der Waals surface area contributed by atoms with Gasteiger partial charge >= 0.3 is 6.09 Å². The third kappa shape index (κ3) is 4.05. The zero-order valence-electron chi connectivity index (χ0n) is 14.2. The van der Waals surface area contributed by atoms with E-state index in [1.807, 2.05) is 17.4 Å². The zero-order chi connectivity index (χ0) is 18.7. The predicted octanol–water partition coefficient (Wildman–Crippen LogP) is 3.15. The van der Waals surface area contributed by atoms with Crippen LogP contribution >= 0.6 is 23.5 Å². The lowest BCUT2D eigenvalue weighted by Gasteiger charge is -2.20. The van der Waals surface area contributed by atoms with Crippen molar-refractivity contribution in [3.8, 4) is 11.8 Å². The topological polar surface area (TPSA) is 88.0 Å². The number of fused-ring (bicyclic) bond motifs is 1. The molecule has 2 aromatic heterocycles. The molecule has 0 radical (unpaired) electrons. The highest BCUT2D eigenvalue weighted by Crippen LogP contribution is 2.35. The number of pyridine rings is 2. The fourth-order valence-corrected chi connectivity index (χ4v) is 3.54. The van der Waals surface area contributed by atoms with Gasteiger partial charge in [-0.25, -0.2) is 14.8 Å². The molecule has 138 valence electrons. The van der Waals surface area contributed by atoms with E-state index in [4.69, 9.17) is 21.1 Å². The van der Waals surface area contributed by atoms with Crippen molar-refractivity contribution in [2.24, 2.45) is 0 Å². The highest BCUT2D eigenvalue weighted by Gasteiger charge is 2.21. The summed E-state index contributed by atoms with van der Waals surface area (Å²) in [6, 6.07) is 3.63. The fraction of sp³-hybridized carbons (Fsp3) is 0.312. The van der Waals surface area contributed by atoms with Crippen molar-refractivity contribution in [2.45, 2.75) is 11.4 Å². The van der Waals surface area contributed by atoms with Gasteiger partial charge in [0.1, 0.15) is 6.61 Å². The number of amides is 1. The molecule has 0 saturated carbocycles. The van der Waals surface area contributed by atoms with Crippen LogP contribution < -0.4 is 13.8 Å². The van der Waals surface area contributed by atoms with Gasteiger partial charge in [-0.1, -0.05) is 11.6 Å². The first-order valence-electron chi connectivity index (χ1n) is 7.68. The molecule has 0 fully saturated rings. The maximum Gasteiger partial charge on any atom is 0.407 e. The molecule has 1 aliphatic heterocycles. The number of halogens is 1. The molecule has 26 heavy (non-hydrogen) atoms. The highest BCUT2D eigenvalue weighted by atomic mass is 35.5. The molecular formula is C16H17ClN4O4S. The van der Waals surface area contributed by atoms with Gasteiger partial charge in [0.25, 0.3) is 0 Å². The second-order valence-electron chi connectivity index (χ2n) is 5.46. The van der Waals surface area contributed by atoms with Crippen molar-refractivity contribution in [1.29, 1.82) is 0 Å². The quantitative estimate of drug-likeness (QED) is 0.788. The molecule has 0 saturated heterocycles. The highest BCUT2D eigenvalue weighted by molar-refractivity contribution is 8.00. The number of carboxylic acid groups (broad SMARTS) is 1. The average molecular weight is 397 g/mol. The molecular weight excluding hydrogens is 380 g/mol. The van der Waals surface area contributed by atoms with Gasteiger partial charge in [0, 0.05) is 18.8 Å². The van der Waals surface area contributed by atoms with E-state index in [0.29, 0.717) is 28.9 Å². The summed E-state index contributed by atoms with van der Waals surface area (Å²) in [4.78, 5) is 21.8. The normalized spacial score (nSPS) is 13.4. The van der Waals surface area contributed by atoms with Crippen molar-refractivity contribution in [3.05, 3.63) is 35.1 Å². The Morgan fingerprint density at radius 1 is 1.42 bits per heavy atom. The predicted molar refractivity (Wildman–Crippen MR) is 98.2 cm³/mol. The number of anilines is 1. The lowest BCUT2D eigenvalue weighted by Crippen LogP contribution is -2.30. The Balaban J connectivity index is 1.84. The van der Waals surface area contributed by atoms with Crippen LogP contribution in [0.3, 0.4) is 0 Å². The van der Waals surface area contributed by atoms with Crippen LogP contribution in [0.1, 0.15) is 5.56 Å². The van der Waals surface area contributed by atoms with Gasteiger partial charge in [0.05, 0.1) is 42.0 Å². The summed E-state index contributed by atoms with van der Waals surface area (Å²) < 4.78 is 12.7. The van der Waals surface area contributed by atoms with Crippen molar-refractivity contribution < 1.29 is 19.4 Å². The molecule has 0 aliphatic carbocycles. The van der Waals surface area contributed by atoms with Crippen LogP contribution in [0.2, 0.25) is 5.02 Å². The molecule has 0 bridgehead atoms. The first-order chi connectivity index (χ1) is 12.5. The summed E-state index contributed by atoms with van der Waals surface area (Å²) >= 11 is 7.40. The first kappa shape index (κ1) is 18.4. The number of ether oxygens (including phenoxy) is 2. The first-order valence-corrected chi connectivity index (χ1v) is 8.84. The Kier molecular flexibility index (Phi) is 5.58. The van der Waals surface area contributed by atoms with Gasteiger partial charge in [-0.2, -0.15) is 0 Å². The van der Waals surface area contributed by atoms with Gasteiger partial charge in [-0.3, -0.25) is 0 Å². The molecule has 10 heteroatoms. The molecule has 8 nitrogen and oxygen atoms in total. The third-order valence-corrected chi connectivity index (χ3v) is 4.90. The molecule has 0 atom stereocenters.